The molecule has 19 nitrogen and oxygen atoms in total. The molecule has 0 amide bonds. The first kappa shape index (κ1) is 134. The average Bonchev–Trinajstić information content (AvgIpc) is 1.07. The van der Waals surface area contributed by atoms with Crippen molar-refractivity contribution in [1.29, 1.82) is 0 Å². The van der Waals surface area contributed by atoms with Crippen LogP contribution in [0.15, 0.2) is 342 Å². The van der Waals surface area contributed by atoms with Crippen molar-refractivity contribution >= 4 is 88.8 Å². The molecule has 0 saturated heterocycles. The van der Waals surface area contributed by atoms with Gasteiger partial charge in [0.2, 0.25) is 11.8 Å². The molecule has 0 fully saturated rings. The zero-order chi connectivity index (χ0) is 106. The van der Waals surface area contributed by atoms with Gasteiger partial charge in [0.15, 0.2) is 17.5 Å². The quantitative estimate of drug-likeness (QED) is 0.145. The van der Waals surface area contributed by atoms with E-state index in [-0.39, 0.29) is 0 Å². The lowest BCUT2D eigenvalue weighted by Crippen LogP contribution is -1.99. The van der Waals surface area contributed by atoms with E-state index in [1.807, 2.05) is 567 Å². The topological polar surface area (TPSA) is 246 Å². The molecule has 0 unspecified atom stereocenters. The monoisotopic (exact) mass is 1910 g/mol. The van der Waals surface area contributed by atoms with Crippen LogP contribution in [0.2, 0.25) is 0 Å². The summed E-state index contributed by atoms with van der Waals surface area (Å²) in [6.45, 7) is 76.1. The van der Waals surface area contributed by atoms with Crippen molar-refractivity contribution in [3.8, 4) is 57.1 Å². The summed E-state index contributed by atoms with van der Waals surface area (Å²) in [5.74, 6) is 3.15. The van der Waals surface area contributed by atoms with Gasteiger partial charge in [0, 0.05) is 51.8 Å². The van der Waals surface area contributed by atoms with Crippen molar-refractivity contribution in [3.05, 3.63) is 350 Å². The van der Waals surface area contributed by atoms with E-state index < -0.39 is 0 Å². The van der Waals surface area contributed by atoms with E-state index in [0.717, 1.165) is 111 Å². The van der Waals surface area contributed by atoms with Crippen LogP contribution in [-0.4, -0.2) is 79.4 Å². The number of benzene rings is 12. The Morgan fingerprint density at radius 1 is 0.193 bits per heavy atom. The van der Waals surface area contributed by atoms with Gasteiger partial charge in [0.05, 0.1) is 50.3 Å². The number of rotatable bonds is 5. The number of nitrogens with zero attached hydrogens (tertiary/aromatic N) is 16. The highest BCUT2D eigenvalue weighted by atomic mass is 32.1. The number of aryl methyl sites for hydroxylation is 4. The normalized spacial score (nSPS) is 8.64. The van der Waals surface area contributed by atoms with Crippen LogP contribution in [0.5, 0.6) is 0 Å². The fraction of sp³-hybridized carbons (Fsp3) is 0.317. The summed E-state index contributed by atoms with van der Waals surface area (Å²) in [5.41, 5.74) is 21.6. The minimum atomic E-state index is 0.547. The molecule has 12 aromatic carbocycles. The van der Waals surface area contributed by atoms with Gasteiger partial charge >= 0.3 is 0 Å². The second kappa shape index (κ2) is 92.5. The molecule has 8 aromatic heterocycles. The minimum absolute atomic E-state index is 0.547. The Morgan fingerprint density at radius 2 is 0.457 bits per heavy atom. The van der Waals surface area contributed by atoms with Crippen molar-refractivity contribution in [3.63, 3.8) is 0 Å². The molecule has 0 spiro atoms. The summed E-state index contributed by atoms with van der Waals surface area (Å²) in [6, 6.07) is 101. The van der Waals surface area contributed by atoms with Gasteiger partial charge in [-0.05, 0) is 156 Å². The van der Waals surface area contributed by atoms with Crippen LogP contribution in [0.4, 0.5) is 0 Å². The molecule has 0 aliphatic carbocycles. The van der Waals surface area contributed by atoms with E-state index >= 15 is 0 Å². The summed E-state index contributed by atoms with van der Waals surface area (Å²) in [6.07, 6.45) is 5.20. The second-order valence-corrected chi connectivity index (χ2v) is 24.1. The summed E-state index contributed by atoms with van der Waals surface area (Å²) in [5, 5.41) is 24.2. The number of aromatic nitrogens is 16. The molecular weight excluding hydrogens is 1750 g/mol. The third kappa shape index (κ3) is 49.2. The largest absolute Gasteiger partial charge is 0.416 e. The predicted octanol–water partition coefficient (Wildman–Crippen LogP) is 37.7. The fourth-order valence-electron chi connectivity index (χ4n) is 10.6. The van der Waals surface area contributed by atoms with Crippen LogP contribution < -0.4 is 0 Å². The van der Waals surface area contributed by atoms with Crippen molar-refractivity contribution in [2.24, 2.45) is 0 Å². The Labute approximate surface area is 846 Å². The molecule has 752 valence electrons. The summed E-state index contributed by atoms with van der Waals surface area (Å²) in [7, 11) is 0. The van der Waals surface area contributed by atoms with Gasteiger partial charge in [-0.25, -0.2) is 34.2 Å². The van der Waals surface area contributed by atoms with Crippen LogP contribution in [0, 0.1) is 27.7 Å². The maximum absolute atomic E-state index is 5.67. The van der Waals surface area contributed by atoms with Crippen molar-refractivity contribution in [2.45, 2.75) is 263 Å². The lowest BCUT2D eigenvalue weighted by molar-refractivity contribution is 0.315. The van der Waals surface area contributed by atoms with Crippen LogP contribution in [-0.2, 0) is 0 Å². The van der Waals surface area contributed by atoms with E-state index in [1.54, 1.807) is 12.4 Å². The Morgan fingerprint density at radius 3 is 0.779 bits per heavy atom. The molecule has 8 heterocycles. The van der Waals surface area contributed by atoms with Crippen molar-refractivity contribution < 1.29 is 13.7 Å². The van der Waals surface area contributed by atoms with Crippen molar-refractivity contribution in [2.75, 3.05) is 0 Å². The van der Waals surface area contributed by atoms with E-state index in [1.165, 1.54) is 28.2 Å². The Kier molecular flexibility index (Phi) is 88.7. The second-order valence-electron chi connectivity index (χ2n) is 23.6. The Balaban J connectivity index is -0.000000481. The first-order chi connectivity index (χ1) is 69.2. The van der Waals surface area contributed by atoms with E-state index in [2.05, 4.69) is 101 Å². The minimum Gasteiger partial charge on any atom is -0.416 e. The van der Waals surface area contributed by atoms with Crippen LogP contribution in [0.3, 0.4) is 0 Å². The number of hydrogen-bond acceptors (Lipinski definition) is 20. The Hall–Kier alpha value is -14.2. The number of para-hydroxylation sites is 7. The first-order valence-electron chi connectivity index (χ1n) is 50.7. The van der Waals surface area contributed by atoms with Crippen LogP contribution in [0.25, 0.3) is 134 Å². The van der Waals surface area contributed by atoms with Gasteiger partial charge in [-0.15, -0.1) is 10.2 Å². The molecule has 0 bridgehead atoms. The predicted molar refractivity (Wildman–Crippen MR) is 613 cm³/mol. The standard InChI is InChI=1S/C21H15N3.C15H12N2O.C12H8N2.C9H7N.C8H6N2.2C7H6N2O.C7H6N2S.17C2H6/c1-4-10-16(11-5-1)19-22-20(17-12-6-2-7-13-17)24-21(23-19)18-14-8-3-9-15-18;1-11-7-9-13(10-8-11)15-17-16-14(18-15)12-5-3-2-4-6-12;1-2-6-10-9(5-1)13-11-7-3-4-8-12(11)14-10;1-2-6-9-8(4-1)5-3-7-10-9;1-2-4-8-7(3-1)9-5-6-10-8;3*1-5-3-2-4-6-7(5)9-10-8-6;17*1-2/h1-15H;2-10H,1H3;1-8H;1-7H;1-6H;3*2-4H,1H3;17*1-2H3. The smallest absolute Gasteiger partial charge is 0.248 e. The van der Waals surface area contributed by atoms with E-state index in [0.29, 0.717) is 29.3 Å². The average molecular weight is 1910 g/mol. The van der Waals surface area contributed by atoms with E-state index in [9.17, 15) is 0 Å². The molecule has 0 aliphatic heterocycles. The number of pyridine rings is 1. The molecule has 20 aromatic rings. The van der Waals surface area contributed by atoms with Gasteiger partial charge in [-0.3, -0.25) is 15.0 Å². The van der Waals surface area contributed by atoms with Gasteiger partial charge in [0.1, 0.15) is 33.1 Å². The van der Waals surface area contributed by atoms with Crippen LogP contribution >= 0.6 is 11.7 Å². The zero-order valence-electron chi connectivity index (χ0n) is 92.0. The number of fused-ring (bicyclic) bond motifs is 7. The van der Waals surface area contributed by atoms with E-state index in [4.69, 9.17) is 4.42 Å². The molecule has 0 radical (unpaired) electrons. The molecule has 20 rings (SSSR count). The molecule has 0 saturated carbocycles. The fourth-order valence-corrected chi connectivity index (χ4v) is 11.2. The van der Waals surface area contributed by atoms with Crippen molar-refractivity contribution in [1.82, 2.24) is 79.4 Å². The van der Waals surface area contributed by atoms with Crippen LogP contribution in [0.1, 0.15) is 258 Å². The molecule has 20 heteroatoms. The molecule has 0 atom stereocenters. The highest BCUT2D eigenvalue weighted by Crippen LogP contribution is 2.27. The van der Waals surface area contributed by atoms with Gasteiger partial charge in [-0.2, -0.15) is 8.75 Å². The SMILES string of the molecule is CC.CC.CC.CC.CC.CC.CC.CC.CC.CC.CC.CC.CC.CC.CC.CC.CC.Cc1ccc(-c2nnc(-c3ccccc3)o2)cc1.Cc1cccc2nonc12.Cc1cccc2nonc12.Cc1cccc2nsnc12.c1ccc(-c2nc(-c3ccccc3)nc(-c3ccccc3)n2)cc1.c1ccc2nc3ccccc3nc2c1.c1ccc2ncccc2c1.c1ccc2nccnc2c1. The third-order valence-electron chi connectivity index (χ3n) is 16.1. The maximum atomic E-state index is 5.67. The summed E-state index contributed by atoms with van der Waals surface area (Å²) in [4.78, 5) is 35.5. The highest BCUT2D eigenvalue weighted by molar-refractivity contribution is 7.00. The lowest BCUT2D eigenvalue weighted by atomic mass is 10.1. The maximum Gasteiger partial charge on any atom is 0.248 e. The van der Waals surface area contributed by atoms with Gasteiger partial charge in [0.25, 0.3) is 0 Å². The molecule has 0 N–H and O–H groups in total. The highest BCUT2D eigenvalue weighted by Gasteiger charge is 2.13. The molecular formula is C120H168N16O3S. The lowest BCUT2D eigenvalue weighted by Gasteiger charge is -2.08. The Bertz CT molecular complexity index is 5520. The first-order valence-corrected chi connectivity index (χ1v) is 51.4. The summed E-state index contributed by atoms with van der Waals surface area (Å²) < 4.78 is 23.0. The zero-order valence-corrected chi connectivity index (χ0v) is 92.8. The molecule has 140 heavy (non-hydrogen) atoms. The summed E-state index contributed by atoms with van der Waals surface area (Å²) >= 11 is 1.27. The van der Waals surface area contributed by atoms with Gasteiger partial charge < -0.3 is 4.42 Å². The van der Waals surface area contributed by atoms with Gasteiger partial charge in [-0.1, -0.05) is 459 Å². The third-order valence-corrected chi connectivity index (χ3v) is 16.6. The molecule has 0 aliphatic rings. The number of hydrogen-bond donors (Lipinski definition) is 0.